The number of hydrazine groups is 1. The summed E-state index contributed by atoms with van der Waals surface area (Å²) in [7, 11) is 0. The molecule has 86 valence electrons. The zero-order chi connectivity index (χ0) is 11.8. The number of anilines is 1. The lowest BCUT2D eigenvalue weighted by Crippen LogP contribution is -2.29. The fraction of sp³-hybridized carbons (Fsp3) is 0.500. The van der Waals surface area contributed by atoms with Gasteiger partial charge in [-0.1, -0.05) is 13.8 Å². The minimum Gasteiger partial charge on any atom is -0.347 e. The number of rotatable bonds is 3. The highest BCUT2D eigenvalue weighted by Crippen LogP contribution is 2.44. The molecule has 1 aliphatic rings. The van der Waals surface area contributed by atoms with Crippen LogP contribution in [-0.4, -0.2) is 21.9 Å². The average Bonchev–Trinajstić information content (AvgIpc) is 2.86. The van der Waals surface area contributed by atoms with E-state index in [-0.39, 0.29) is 23.1 Å². The minimum atomic E-state index is -0.208. The van der Waals surface area contributed by atoms with Crippen LogP contribution in [0, 0.1) is 5.41 Å². The maximum Gasteiger partial charge on any atom is 0.271 e. The van der Waals surface area contributed by atoms with Crippen molar-refractivity contribution in [3.8, 4) is 0 Å². The Labute approximate surface area is 93.6 Å². The van der Waals surface area contributed by atoms with Gasteiger partial charge in [-0.3, -0.25) is 9.78 Å². The number of nitrogens with zero attached hydrogens (tertiary/aromatic N) is 2. The fourth-order valence-electron chi connectivity index (χ4n) is 1.49. The summed E-state index contributed by atoms with van der Waals surface area (Å²) in [6.45, 7) is 4.23. The molecule has 1 unspecified atom stereocenters. The Morgan fingerprint density at radius 2 is 2.25 bits per heavy atom. The number of carbonyl (C=O) groups excluding carboxylic acids is 1. The maximum atomic E-state index is 11.8. The summed E-state index contributed by atoms with van der Waals surface area (Å²) in [5, 5.41) is 2.90. The highest BCUT2D eigenvalue weighted by atomic mass is 16.2. The van der Waals surface area contributed by atoms with E-state index in [4.69, 9.17) is 5.84 Å². The first-order valence-electron chi connectivity index (χ1n) is 5.12. The fourth-order valence-corrected chi connectivity index (χ4v) is 1.49. The second-order valence-corrected chi connectivity index (χ2v) is 4.65. The molecule has 1 atom stereocenters. The third-order valence-electron chi connectivity index (χ3n) is 2.83. The molecule has 2 rings (SSSR count). The van der Waals surface area contributed by atoms with E-state index in [0.29, 0.717) is 5.82 Å². The van der Waals surface area contributed by atoms with Gasteiger partial charge < -0.3 is 10.7 Å². The second kappa shape index (κ2) is 3.71. The number of nitrogens with one attached hydrogen (secondary N) is 2. The number of carbonyl (C=O) groups is 1. The smallest absolute Gasteiger partial charge is 0.271 e. The highest BCUT2D eigenvalue weighted by molar-refractivity contribution is 5.92. The van der Waals surface area contributed by atoms with E-state index in [2.05, 4.69) is 34.6 Å². The van der Waals surface area contributed by atoms with Crippen molar-refractivity contribution in [2.24, 2.45) is 11.3 Å². The van der Waals surface area contributed by atoms with Crippen molar-refractivity contribution in [3.05, 3.63) is 18.1 Å². The van der Waals surface area contributed by atoms with Gasteiger partial charge in [0.15, 0.2) is 5.82 Å². The van der Waals surface area contributed by atoms with Gasteiger partial charge in [-0.15, -0.1) is 0 Å². The molecule has 0 bridgehead atoms. The molecule has 0 aliphatic heterocycles. The van der Waals surface area contributed by atoms with Crippen molar-refractivity contribution in [1.29, 1.82) is 0 Å². The molecular weight excluding hydrogens is 206 g/mol. The van der Waals surface area contributed by atoms with E-state index in [1.807, 2.05) is 0 Å². The van der Waals surface area contributed by atoms with Crippen LogP contribution in [-0.2, 0) is 0 Å². The first-order chi connectivity index (χ1) is 7.53. The van der Waals surface area contributed by atoms with Crippen molar-refractivity contribution < 1.29 is 4.79 Å². The summed E-state index contributed by atoms with van der Waals surface area (Å²) < 4.78 is 0. The molecule has 4 N–H and O–H groups in total. The van der Waals surface area contributed by atoms with Crippen LogP contribution >= 0.6 is 0 Å². The number of aromatic nitrogens is 2. The topological polar surface area (TPSA) is 92.9 Å². The number of nitrogens with two attached hydrogens (primary N) is 1. The first-order valence-corrected chi connectivity index (χ1v) is 5.12. The highest BCUT2D eigenvalue weighted by Gasteiger charge is 2.46. The molecule has 0 aromatic carbocycles. The predicted molar refractivity (Wildman–Crippen MR) is 59.5 cm³/mol. The Hall–Kier alpha value is -1.69. The van der Waals surface area contributed by atoms with E-state index in [9.17, 15) is 4.79 Å². The van der Waals surface area contributed by atoms with E-state index < -0.39 is 0 Å². The van der Waals surface area contributed by atoms with Crippen LogP contribution in [0.3, 0.4) is 0 Å². The predicted octanol–water partition coefficient (Wildman–Crippen LogP) is 0.290. The van der Waals surface area contributed by atoms with Crippen molar-refractivity contribution >= 4 is 11.7 Å². The third-order valence-corrected chi connectivity index (χ3v) is 2.83. The molecule has 1 aromatic heterocycles. The van der Waals surface area contributed by atoms with Gasteiger partial charge in [0, 0.05) is 6.04 Å². The lowest BCUT2D eigenvalue weighted by atomic mass is 10.2. The Balaban J connectivity index is 2.04. The molecule has 1 heterocycles. The van der Waals surface area contributed by atoms with E-state index in [1.54, 1.807) is 0 Å². The van der Waals surface area contributed by atoms with Gasteiger partial charge in [0.1, 0.15) is 5.69 Å². The Morgan fingerprint density at radius 1 is 1.56 bits per heavy atom. The van der Waals surface area contributed by atoms with E-state index >= 15 is 0 Å². The summed E-state index contributed by atoms with van der Waals surface area (Å²) in [4.78, 5) is 19.7. The molecule has 6 heteroatoms. The Bertz CT molecular complexity index is 417. The molecule has 6 nitrogen and oxygen atoms in total. The first kappa shape index (κ1) is 10.8. The lowest BCUT2D eigenvalue weighted by Gasteiger charge is -2.06. The number of hydrogen-bond acceptors (Lipinski definition) is 5. The van der Waals surface area contributed by atoms with Crippen LogP contribution in [0.1, 0.15) is 30.8 Å². The van der Waals surface area contributed by atoms with Crippen molar-refractivity contribution in [3.63, 3.8) is 0 Å². The molecular formula is C10H15N5O. The van der Waals surface area contributed by atoms with Crippen molar-refractivity contribution in [2.75, 3.05) is 5.43 Å². The normalized spacial score (nSPS) is 21.3. The molecule has 1 aromatic rings. The number of amides is 1. The second-order valence-electron chi connectivity index (χ2n) is 4.65. The summed E-state index contributed by atoms with van der Waals surface area (Å²) >= 11 is 0. The number of nitrogen functional groups attached to an aromatic ring is 1. The van der Waals surface area contributed by atoms with Gasteiger partial charge in [0.05, 0.1) is 12.4 Å². The maximum absolute atomic E-state index is 11.8. The summed E-state index contributed by atoms with van der Waals surface area (Å²) in [6.07, 6.45) is 3.88. The van der Waals surface area contributed by atoms with E-state index in [1.165, 1.54) is 12.4 Å². The van der Waals surface area contributed by atoms with Gasteiger partial charge in [-0.05, 0) is 11.8 Å². The average molecular weight is 221 g/mol. The molecule has 1 aliphatic carbocycles. The van der Waals surface area contributed by atoms with Crippen molar-refractivity contribution in [2.45, 2.75) is 26.3 Å². The molecule has 0 radical (unpaired) electrons. The molecule has 16 heavy (non-hydrogen) atoms. The van der Waals surface area contributed by atoms with Crippen LogP contribution in [0.2, 0.25) is 0 Å². The monoisotopic (exact) mass is 221 g/mol. The Kier molecular flexibility index (Phi) is 2.51. The molecule has 0 spiro atoms. The van der Waals surface area contributed by atoms with Gasteiger partial charge >= 0.3 is 0 Å². The lowest BCUT2D eigenvalue weighted by molar-refractivity contribution is 0.0941. The van der Waals surface area contributed by atoms with Gasteiger partial charge in [-0.2, -0.15) is 0 Å². The largest absolute Gasteiger partial charge is 0.347 e. The zero-order valence-corrected chi connectivity index (χ0v) is 9.32. The van der Waals surface area contributed by atoms with Crippen LogP contribution in [0.15, 0.2) is 12.4 Å². The van der Waals surface area contributed by atoms with Crippen LogP contribution in [0.4, 0.5) is 5.82 Å². The molecule has 1 amide bonds. The quantitative estimate of drug-likeness (QED) is 0.504. The molecule has 1 saturated carbocycles. The van der Waals surface area contributed by atoms with Gasteiger partial charge in [0.2, 0.25) is 0 Å². The third kappa shape index (κ3) is 2.11. The Morgan fingerprint density at radius 3 is 2.81 bits per heavy atom. The van der Waals surface area contributed by atoms with Crippen LogP contribution in [0.5, 0.6) is 0 Å². The summed E-state index contributed by atoms with van der Waals surface area (Å²) in [5.74, 6) is 5.36. The van der Waals surface area contributed by atoms with Crippen molar-refractivity contribution in [1.82, 2.24) is 15.3 Å². The number of hydrogen-bond donors (Lipinski definition) is 3. The summed E-state index contributed by atoms with van der Waals surface area (Å²) in [6, 6.07) is 0.233. The minimum absolute atomic E-state index is 0.201. The van der Waals surface area contributed by atoms with Crippen LogP contribution in [0.25, 0.3) is 0 Å². The molecule has 1 fully saturated rings. The summed E-state index contributed by atoms with van der Waals surface area (Å²) in [5.41, 5.74) is 2.83. The van der Waals surface area contributed by atoms with E-state index in [0.717, 1.165) is 6.42 Å². The van der Waals surface area contributed by atoms with Gasteiger partial charge in [0.25, 0.3) is 5.91 Å². The SMILES string of the molecule is CC1(C)CC1NC(=O)c1cncc(NN)n1. The standard InChI is InChI=1S/C10H15N5O/c1-10(2)3-7(10)14-9(16)6-4-12-5-8(13-6)15-11/h4-5,7H,3,11H2,1-2H3,(H,13,15)(H,14,16). The van der Waals surface area contributed by atoms with Crippen LogP contribution < -0.4 is 16.6 Å². The van der Waals surface area contributed by atoms with Gasteiger partial charge in [-0.25, -0.2) is 10.8 Å². The zero-order valence-electron chi connectivity index (χ0n) is 9.32. The molecule has 0 saturated heterocycles.